The molecular formula is C16H20N4O4S. The Bertz CT molecular complexity index is 880. The van der Waals surface area contributed by atoms with E-state index in [2.05, 4.69) is 14.6 Å². The molecule has 0 fully saturated rings. The van der Waals surface area contributed by atoms with Crippen LogP contribution in [0.3, 0.4) is 0 Å². The summed E-state index contributed by atoms with van der Waals surface area (Å²) in [6.45, 7) is 2.86. The SMILES string of the molecule is CS(=O)(=O)NC[C@@H]1CN(Cc2ccc3c(c2)OCO3)Cc2cncn21. The van der Waals surface area contributed by atoms with Crippen LogP contribution < -0.4 is 14.2 Å². The Morgan fingerprint density at radius 1 is 1.32 bits per heavy atom. The van der Waals surface area contributed by atoms with E-state index in [0.29, 0.717) is 6.54 Å². The third-order valence-corrected chi connectivity index (χ3v) is 5.11. The van der Waals surface area contributed by atoms with Crippen LogP contribution >= 0.6 is 0 Å². The summed E-state index contributed by atoms with van der Waals surface area (Å²) in [4.78, 5) is 6.49. The van der Waals surface area contributed by atoms with Gasteiger partial charge < -0.3 is 14.0 Å². The lowest BCUT2D eigenvalue weighted by atomic mass is 10.1. The molecule has 9 heteroatoms. The molecule has 25 heavy (non-hydrogen) atoms. The van der Waals surface area contributed by atoms with Crippen molar-refractivity contribution in [2.24, 2.45) is 0 Å². The summed E-state index contributed by atoms with van der Waals surface area (Å²) < 4.78 is 38.3. The van der Waals surface area contributed by atoms with Crippen molar-refractivity contribution in [3.63, 3.8) is 0 Å². The number of nitrogens with zero attached hydrogens (tertiary/aromatic N) is 3. The maximum absolute atomic E-state index is 11.4. The highest BCUT2D eigenvalue weighted by Crippen LogP contribution is 2.33. The lowest BCUT2D eigenvalue weighted by Gasteiger charge is -2.34. The van der Waals surface area contributed by atoms with Gasteiger partial charge in [-0.3, -0.25) is 4.90 Å². The molecule has 2 aromatic rings. The molecule has 0 unspecified atom stereocenters. The molecule has 1 aromatic carbocycles. The summed E-state index contributed by atoms with van der Waals surface area (Å²) in [5, 5.41) is 0. The highest BCUT2D eigenvalue weighted by atomic mass is 32.2. The molecule has 1 aromatic heterocycles. The number of ether oxygens (including phenoxy) is 2. The third-order valence-electron chi connectivity index (χ3n) is 4.42. The van der Waals surface area contributed by atoms with Crippen molar-refractivity contribution in [2.75, 3.05) is 26.1 Å². The number of rotatable bonds is 5. The Hall–Kier alpha value is -2.10. The van der Waals surface area contributed by atoms with Crippen LogP contribution in [0.5, 0.6) is 11.5 Å². The van der Waals surface area contributed by atoms with Crippen LogP contribution in [0, 0.1) is 0 Å². The van der Waals surface area contributed by atoms with Gasteiger partial charge in [0.1, 0.15) is 0 Å². The van der Waals surface area contributed by atoms with Crippen molar-refractivity contribution < 1.29 is 17.9 Å². The first kappa shape index (κ1) is 16.4. The summed E-state index contributed by atoms with van der Waals surface area (Å²) in [6.07, 6.45) is 4.77. The van der Waals surface area contributed by atoms with E-state index < -0.39 is 10.0 Å². The molecule has 0 aliphatic carbocycles. The fourth-order valence-electron chi connectivity index (χ4n) is 3.29. The lowest BCUT2D eigenvalue weighted by molar-refractivity contribution is 0.173. The molecule has 2 aliphatic heterocycles. The molecule has 4 rings (SSSR count). The summed E-state index contributed by atoms with van der Waals surface area (Å²) in [7, 11) is -3.22. The number of hydrogen-bond donors (Lipinski definition) is 1. The van der Waals surface area contributed by atoms with E-state index >= 15 is 0 Å². The van der Waals surface area contributed by atoms with Crippen LogP contribution in [0.1, 0.15) is 17.3 Å². The fraction of sp³-hybridized carbons (Fsp3) is 0.438. The number of imidazole rings is 1. The van der Waals surface area contributed by atoms with Crippen molar-refractivity contribution in [1.82, 2.24) is 19.2 Å². The van der Waals surface area contributed by atoms with E-state index in [1.807, 2.05) is 29.0 Å². The van der Waals surface area contributed by atoms with Gasteiger partial charge in [-0.25, -0.2) is 18.1 Å². The van der Waals surface area contributed by atoms with Crippen molar-refractivity contribution in [3.05, 3.63) is 42.0 Å². The zero-order valence-electron chi connectivity index (χ0n) is 13.9. The van der Waals surface area contributed by atoms with Crippen LogP contribution in [0.15, 0.2) is 30.7 Å². The van der Waals surface area contributed by atoms with Crippen molar-refractivity contribution in [1.29, 1.82) is 0 Å². The van der Waals surface area contributed by atoms with Gasteiger partial charge in [0.15, 0.2) is 11.5 Å². The number of nitrogens with one attached hydrogen (secondary N) is 1. The van der Waals surface area contributed by atoms with Crippen molar-refractivity contribution >= 4 is 10.0 Å². The first-order valence-electron chi connectivity index (χ1n) is 8.04. The predicted octanol–water partition coefficient (Wildman–Crippen LogP) is 0.718. The minimum atomic E-state index is -3.22. The highest BCUT2D eigenvalue weighted by molar-refractivity contribution is 7.88. The lowest BCUT2D eigenvalue weighted by Crippen LogP contribution is -2.41. The second-order valence-corrected chi connectivity index (χ2v) is 8.26. The minimum Gasteiger partial charge on any atom is -0.454 e. The maximum atomic E-state index is 11.4. The largest absolute Gasteiger partial charge is 0.454 e. The Kier molecular flexibility index (Phi) is 4.14. The van der Waals surface area contributed by atoms with Crippen LogP contribution in [-0.2, 0) is 23.1 Å². The van der Waals surface area contributed by atoms with E-state index in [1.165, 1.54) is 6.26 Å². The number of aromatic nitrogens is 2. The van der Waals surface area contributed by atoms with Gasteiger partial charge in [0.2, 0.25) is 16.8 Å². The molecule has 1 atom stereocenters. The monoisotopic (exact) mass is 364 g/mol. The van der Waals surface area contributed by atoms with Crippen molar-refractivity contribution in [3.8, 4) is 11.5 Å². The standard InChI is InChI=1S/C16H20N4O4S/c1-25(21,22)18-6-14-9-19(8-13-5-17-10-20(13)14)7-12-2-3-15-16(4-12)24-11-23-15/h2-5,10,14,18H,6-9,11H2,1H3/t14-/m1/s1. The molecular weight excluding hydrogens is 344 g/mol. The van der Waals surface area contributed by atoms with E-state index in [-0.39, 0.29) is 12.8 Å². The summed E-state index contributed by atoms with van der Waals surface area (Å²) in [5.41, 5.74) is 2.21. The predicted molar refractivity (Wildman–Crippen MR) is 90.8 cm³/mol. The van der Waals surface area contributed by atoms with Crippen LogP contribution in [0.25, 0.3) is 0 Å². The zero-order valence-corrected chi connectivity index (χ0v) is 14.7. The van der Waals surface area contributed by atoms with Crippen molar-refractivity contribution in [2.45, 2.75) is 19.1 Å². The fourth-order valence-corrected chi connectivity index (χ4v) is 3.79. The first-order chi connectivity index (χ1) is 12.0. The number of sulfonamides is 1. The minimum absolute atomic E-state index is 0.00925. The molecule has 0 radical (unpaired) electrons. The molecule has 0 spiro atoms. The molecule has 0 saturated heterocycles. The van der Waals surface area contributed by atoms with Crippen LogP contribution in [0.2, 0.25) is 0 Å². The van der Waals surface area contributed by atoms with Gasteiger partial charge in [-0.1, -0.05) is 6.07 Å². The normalized spacial score (nSPS) is 19.8. The number of hydrogen-bond acceptors (Lipinski definition) is 6. The van der Waals surface area contributed by atoms with Gasteiger partial charge in [0.25, 0.3) is 0 Å². The van der Waals surface area contributed by atoms with E-state index in [1.54, 1.807) is 6.33 Å². The smallest absolute Gasteiger partial charge is 0.231 e. The molecule has 0 saturated carbocycles. The quantitative estimate of drug-likeness (QED) is 0.841. The second-order valence-electron chi connectivity index (χ2n) is 6.42. The molecule has 8 nitrogen and oxygen atoms in total. The summed E-state index contributed by atoms with van der Waals surface area (Å²) in [5.74, 6) is 1.55. The molecule has 3 heterocycles. The summed E-state index contributed by atoms with van der Waals surface area (Å²) in [6, 6.07) is 5.96. The molecule has 134 valence electrons. The molecule has 0 amide bonds. The Balaban J connectivity index is 1.49. The molecule has 1 N–H and O–H groups in total. The first-order valence-corrected chi connectivity index (χ1v) is 9.93. The van der Waals surface area contributed by atoms with Gasteiger partial charge in [0.05, 0.1) is 24.3 Å². The Labute approximate surface area is 146 Å². The zero-order chi connectivity index (χ0) is 17.4. The Morgan fingerprint density at radius 3 is 3.00 bits per heavy atom. The van der Waals surface area contributed by atoms with Crippen LogP contribution in [0.4, 0.5) is 0 Å². The number of fused-ring (bicyclic) bond motifs is 2. The number of benzene rings is 1. The second kappa shape index (κ2) is 6.32. The molecule has 0 bridgehead atoms. The molecule has 2 aliphatic rings. The average molecular weight is 364 g/mol. The maximum Gasteiger partial charge on any atom is 0.231 e. The van der Waals surface area contributed by atoms with E-state index in [0.717, 1.165) is 42.4 Å². The third kappa shape index (κ3) is 3.63. The van der Waals surface area contributed by atoms with Gasteiger partial charge >= 0.3 is 0 Å². The topological polar surface area (TPSA) is 85.7 Å². The van der Waals surface area contributed by atoms with E-state index in [9.17, 15) is 8.42 Å². The van der Waals surface area contributed by atoms with Gasteiger partial charge in [-0.2, -0.15) is 0 Å². The van der Waals surface area contributed by atoms with Gasteiger partial charge in [0, 0.05) is 32.4 Å². The average Bonchev–Trinajstić information content (AvgIpc) is 3.19. The summed E-state index contributed by atoms with van der Waals surface area (Å²) >= 11 is 0. The van der Waals surface area contributed by atoms with Crippen LogP contribution in [-0.4, -0.2) is 49.0 Å². The highest BCUT2D eigenvalue weighted by Gasteiger charge is 2.26. The van der Waals surface area contributed by atoms with Gasteiger partial charge in [-0.15, -0.1) is 0 Å². The Morgan fingerprint density at radius 2 is 2.16 bits per heavy atom. The van der Waals surface area contributed by atoms with Gasteiger partial charge in [-0.05, 0) is 17.7 Å². The van der Waals surface area contributed by atoms with E-state index in [4.69, 9.17) is 9.47 Å².